The predicted molar refractivity (Wildman–Crippen MR) is 108 cm³/mol. The molecule has 0 aliphatic carbocycles. The molecular weight excluding hydrogens is 422 g/mol. The summed E-state index contributed by atoms with van der Waals surface area (Å²) in [4.78, 5) is 25.4. The second-order valence-electron chi connectivity index (χ2n) is 6.10. The average Bonchev–Trinajstić information content (AvgIpc) is 2.67. The third kappa shape index (κ3) is 5.30. The topological polar surface area (TPSA) is 69.9 Å². The van der Waals surface area contributed by atoms with E-state index in [1.807, 2.05) is 6.92 Å². The van der Waals surface area contributed by atoms with Crippen molar-refractivity contribution >= 4 is 23.4 Å². The SMILES string of the molecule is CCSc1nc(-c2ccncn2)cc(=O)n1-c1ccc(OCC(C)(F)F)c(Cl)c1. The van der Waals surface area contributed by atoms with Crippen LogP contribution < -0.4 is 10.3 Å². The van der Waals surface area contributed by atoms with E-state index in [4.69, 9.17) is 16.3 Å². The molecule has 29 heavy (non-hydrogen) atoms. The van der Waals surface area contributed by atoms with Gasteiger partial charge in [-0.2, -0.15) is 0 Å². The summed E-state index contributed by atoms with van der Waals surface area (Å²) >= 11 is 7.57. The smallest absolute Gasteiger partial charge is 0.278 e. The lowest BCUT2D eigenvalue weighted by Gasteiger charge is -2.15. The van der Waals surface area contributed by atoms with Gasteiger partial charge in [-0.15, -0.1) is 0 Å². The highest BCUT2D eigenvalue weighted by Crippen LogP contribution is 2.30. The molecule has 3 rings (SSSR count). The largest absolute Gasteiger partial charge is 0.486 e. The van der Waals surface area contributed by atoms with Crippen LogP contribution in [0.25, 0.3) is 17.1 Å². The van der Waals surface area contributed by atoms with Gasteiger partial charge in [0.2, 0.25) is 0 Å². The molecular formula is C19H17ClF2N4O2S. The Morgan fingerprint density at radius 3 is 2.66 bits per heavy atom. The third-order valence-corrected chi connectivity index (χ3v) is 4.78. The van der Waals surface area contributed by atoms with Crippen molar-refractivity contribution in [3.05, 3.63) is 58.2 Å². The molecule has 0 radical (unpaired) electrons. The van der Waals surface area contributed by atoms with Gasteiger partial charge in [-0.1, -0.05) is 30.3 Å². The van der Waals surface area contributed by atoms with E-state index >= 15 is 0 Å². The van der Waals surface area contributed by atoms with Crippen molar-refractivity contribution in [3.8, 4) is 22.8 Å². The monoisotopic (exact) mass is 438 g/mol. The van der Waals surface area contributed by atoms with Gasteiger partial charge in [0.05, 0.1) is 22.1 Å². The zero-order valence-electron chi connectivity index (χ0n) is 15.6. The molecule has 0 fully saturated rings. The van der Waals surface area contributed by atoms with E-state index in [2.05, 4.69) is 15.0 Å². The molecule has 0 bridgehead atoms. The van der Waals surface area contributed by atoms with Crippen molar-refractivity contribution in [1.29, 1.82) is 0 Å². The van der Waals surface area contributed by atoms with E-state index in [9.17, 15) is 13.6 Å². The van der Waals surface area contributed by atoms with Gasteiger partial charge >= 0.3 is 0 Å². The Morgan fingerprint density at radius 1 is 1.24 bits per heavy atom. The van der Waals surface area contributed by atoms with Crippen molar-refractivity contribution in [2.45, 2.75) is 24.9 Å². The summed E-state index contributed by atoms with van der Waals surface area (Å²) in [6.07, 6.45) is 2.95. The van der Waals surface area contributed by atoms with Gasteiger partial charge in [-0.3, -0.25) is 9.36 Å². The maximum atomic E-state index is 13.0. The van der Waals surface area contributed by atoms with Crippen LogP contribution in [0.5, 0.6) is 5.75 Å². The lowest BCUT2D eigenvalue weighted by atomic mass is 10.2. The van der Waals surface area contributed by atoms with Crippen molar-refractivity contribution in [3.63, 3.8) is 0 Å². The Kier molecular flexibility index (Phi) is 6.49. The first-order valence-electron chi connectivity index (χ1n) is 8.62. The molecule has 3 aromatic rings. The van der Waals surface area contributed by atoms with Crippen molar-refractivity contribution in [1.82, 2.24) is 19.5 Å². The zero-order valence-corrected chi connectivity index (χ0v) is 17.2. The van der Waals surface area contributed by atoms with E-state index in [1.165, 1.54) is 40.9 Å². The van der Waals surface area contributed by atoms with Crippen LogP contribution in [0.1, 0.15) is 13.8 Å². The molecule has 1 aromatic carbocycles. The minimum Gasteiger partial charge on any atom is -0.486 e. The van der Waals surface area contributed by atoms with Crippen LogP contribution in [-0.4, -0.2) is 37.8 Å². The molecule has 0 saturated carbocycles. The summed E-state index contributed by atoms with van der Waals surface area (Å²) in [5.74, 6) is -2.19. The minimum absolute atomic E-state index is 0.111. The van der Waals surface area contributed by atoms with Gasteiger partial charge in [0, 0.05) is 19.2 Å². The number of hydrogen-bond donors (Lipinski definition) is 0. The molecule has 0 aliphatic heterocycles. The molecule has 0 saturated heterocycles. The molecule has 0 amide bonds. The van der Waals surface area contributed by atoms with Crippen LogP contribution in [0, 0.1) is 0 Å². The maximum absolute atomic E-state index is 13.0. The van der Waals surface area contributed by atoms with Crippen LogP contribution in [0.2, 0.25) is 5.02 Å². The van der Waals surface area contributed by atoms with E-state index in [1.54, 1.807) is 18.3 Å². The average molecular weight is 439 g/mol. The van der Waals surface area contributed by atoms with Gasteiger partial charge in [-0.05, 0) is 30.0 Å². The summed E-state index contributed by atoms with van der Waals surface area (Å²) in [5.41, 5.74) is 1.09. The molecule has 10 heteroatoms. The summed E-state index contributed by atoms with van der Waals surface area (Å²) < 4.78 is 32.5. The predicted octanol–water partition coefficient (Wildman–Crippen LogP) is 4.49. The fraction of sp³-hybridized carbons (Fsp3) is 0.263. The number of alkyl halides is 2. The van der Waals surface area contributed by atoms with Crippen LogP contribution >= 0.6 is 23.4 Å². The summed E-state index contributed by atoms with van der Waals surface area (Å²) in [7, 11) is 0. The van der Waals surface area contributed by atoms with Crippen molar-refractivity contribution < 1.29 is 13.5 Å². The fourth-order valence-corrected chi connectivity index (χ4v) is 3.42. The lowest BCUT2D eigenvalue weighted by molar-refractivity contribution is -0.0229. The third-order valence-electron chi connectivity index (χ3n) is 3.66. The summed E-state index contributed by atoms with van der Waals surface area (Å²) in [6, 6.07) is 7.55. The Bertz CT molecular complexity index is 1060. The number of ether oxygens (including phenoxy) is 1. The first-order valence-corrected chi connectivity index (χ1v) is 9.98. The van der Waals surface area contributed by atoms with E-state index in [0.29, 0.717) is 28.0 Å². The first-order chi connectivity index (χ1) is 13.8. The molecule has 2 heterocycles. The number of halogens is 3. The molecule has 0 aliphatic rings. The number of benzene rings is 1. The number of aromatic nitrogens is 4. The zero-order chi connectivity index (χ0) is 21.0. The van der Waals surface area contributed by atoms with Gasteiger partial charge < -0.3 is 4.74 Å². The van der Waals surface area contributed by atoms with Gasteiger partial charge in [0.15, 0.2) is 11.8 Å². The van der Waals surface area contributed by atoms with E-state index < -0.39 is 12.5 Å². The van der Waals surface area contributed by atoms with Gasteiger partial charge in [0.1, 0.15) is 12.1 Å². The van der Waals surface area contributed by atoms with Crippen LogP contribution in [-0.2, 0) is 0 Å². The lowest BCUT2D eigenvalue weighted by Crippen LogP contribution is -2.22. The molecule has 0 N–H and O–H groups in total. The quantitative estimate of drug-likeness (QED) is 0.400. The Morgan fingerprint density at radius 2 is 2.03 bits per heavy atom. The number of thioether (sulfide) groups is 1. The van der Waals surface area contributed by atoms with Crippen LogP contribution in [0.15, 0.2) is 52.8 Å². The molecule has 0 spiro atoms. The molecule has 0 atom stereocenters. The van der Waals surface area contributed by atoms with E-state index in [0.717, 1.165) is 6.92 Å². The highest BCUT2D eigenvalue weighted by atomic mass is 35.5. The highest BCUT2D eigenvalue weighted by Gasteiger charge is 2.23. The van der Waals surface area contributed by atoms with Crippen LogP contribution in [0.3, 0.4) is 0 Å². The molecule has 2 aromatic heterocycles. The minimum atomic E-state index is -2.98. The second-order valence-corrected chi connectivity index (χ2v) is 7.74. The Balaban J connectivity index is 2.01. The number of rotatable bonds is 7. The van der Waals surface area contributed by atoms with Crippen molar-refractivity contribution in [2.75, 3.05) is 12.4 Å². The maximum Gasteiger partial charge on any atom is 0.278 e. The molecule has 152 valence electrons. The standard InChI is InChI=1S/C19H17ClF2N4O2S/c1-3-29-18-25-15(14-6-7-23-11-24-14)9-17(27)26(18)12-4-5-16(13(20)8-12)28-10-19(2,21)22/h4-9,11H,3,10H2,1-2H3. The summed E-state index contributed by atoms with van der Waals surface area (Å²) in [6.45, 7) is 1.90. The van der Waals surface area contributed by atoms with Crippen LogP contribution in [0.4, 0.5) is 8.78 Å². The molecule has 6 nitrogen and oxygen atoms in total. The van der Waals surface area contributed by atoms with Crippen molar-refractivity contribution in [2.24, 2.45) is 0 Å². The van der Waals surface area contributed by atoms with Gasteiger partial charge in [-0.25, -0.2) is 23.7 Å². The normalized spacial score (nSPS) is 11.5. The highest BCUT2D eigenvalue weighted by molar-refractivity contribution is 7.99. The number of nitrogens with zero attached hydrogens (tertiary/aromatic N) is 4. The summed E-state index contributed by atoms with van der Waals surface area (Å²) in [5, 5.41) is 0.574. The number of hydrogen-bond acceptors (Lipinski definition) is 6. The fourth-order valence-electron chi connectivity index (χ4n) is 2.45. The first kappa shape index (κ1) is 21.2. The second kappa shape index (κ2) is 8.87. The van der Waals surface area contributed by atoms with E-state index in [-0.39, 0.29) is 16.3 Å². The Labute approximate surface area is 174 Å². The Hall–Kier alpha value is -2.52. The van der Waals surface area contributed by atoms with Gasteiger partial charge in [0.25, 0.3) is 11.5 Å². The molecule has 0 unspecified atom stereocenters.